The molecule has 0 radical (unpaired) electrons. The number of likely N-dealkylation sites (tertiary alicyclic amines) is 1. The van der Waals surface area contributed by atoms with Gasteiger partial charge in [-0.1, -0.05) is 27.4 Å². The maximum absolute atomic E-state index is 15.0. The Morgan fingerprint density at radius 1 is 1.12 bits per heavy atom. The molecule has 3 atom stereocenters. The molecule has 0 unspecified atom stereocenters. The number of benzene rings is 1. The Bertz CT molecular complexity index is 1310. The highest BCUT2D eigenvalue weighted by Gasteiger charge is 2.51. The molecule has 14 heteroatoms. The van der Waals surface area contributed by atoms with E-state index in [4.69, 9.17) is 14.2 Å². The van der Waals surface area contributed by atoms with Crippen LogP contribution in [0.3, 0.4) is 0 Å². The molecule has 2 aromatic rings. The van der Waals surface area contributed by atoms with E-state index in [1.54, 1.807) is 27.7 Å². The molecular formula is C28H34F5N3O6. The van der Waals surface area contributed by atoms with Gasteiger partial charge in [-0.3, -0.25) is 4.90 Å². The molecule has 2 heterocycles. The summed E-state index contributed by atoms with van der Waals surface area (Å²) in [5.41, 5.74) is -2.24. The number of hydrogen-bond acceptors (Lipinski definition) is 8. The normalized spacial score (nSPS) is 19.6. The molecule has 1 amide bonds. The molecule has 1 aliphatic rings. The summed E-state index contributed by atoms with van der Waals surface area (Å²) in [6, 6.07) is 1.67. The predicted octanol–water partition coefficient (Wildman–Crippen LogP) is 6.40. The summed E-state index contributed by atoms with van der Waals surface area (Å²) >= 11 is 0. The van der Waals surface area contributed by atoms with Gasteiger partial charge in [-0.2, -0.15) is 8.78 Å². The fraction of sp³-hybridized carbons (Fsp3) is 0.571. The van der Waals surface area contributed by atoms with Crippen LogP contribution in [0.4, 0.5) is 26.7 Å². The number of ether oxygens (including phenoxy) is 4. The van der Waals surface area contributed by atoms with E-state index in [-0.39, 0.29) is 36.5 Å². The van der Waals surface area contributed by atoms with E-state index >= 15 is 0 Å². The van der Waals surface area contributed by atoms with Crippen LogP contribution in [0.5, 0.6) is 11.6 Å². The van der Waals surface area contributed by atoms with E-state index in [1.807, 2.05) is 13.8 Å². The highest BCUT2D eigenvalue weighted by atomic mass is 19.4. The van der Waals surface area contributed by atoms with Crippen LogP contribution in [0.2, 0.25) is 0 Å². The number of fused-ring (bicyclic) bond motifs is 1. The number of carbonyl (C=O) groups is 2. The van der Waals surface area contributed by atoms with Crippen LogP contribution in [-0.2, 0) is 20.2 Å². The number of alkyl halides is 5. The van der Waals surface area contributed by atoms with Crippen molar-refractivity contribution >= 4 is 23.1 Å². The zero-order valence-electron chi connectivity index (χ0n) is 24.1. The number of esters is 1. The molecule has 232 valence electrons. The molecule has 1 aromatic heterocycles. The molecule has 42 heavy (non-hydrogen) atoms. The van der Waals surface area contributed by atoms with Crippen molar-refractivity contribution in [2.45, 2.75) is 78.0 Å². The molecule has 0 saturated carbocycles. The minimum Gasteiger partial charge on any atom is -0.471 e. The highest BCUT2D eigenvalue weighted by molar-refractivity contribution is 5.83. The van der Waals surface area contributed by atoms with Gasteiger partial charge in [0.25, 0.3) is 0 Å². The van der Waals surface area contributed by atoms with Crippen molar-refractivity contribution in [2.75, 3.05) is 13.2 Å². The number of rotatable bonds is 9. The van der Waals surface area contributed by atoms with Crippen molar-refractivity contribution in [3.05, 3.63) is 36.5 Å². The van der Waals surface area contributed by atoms with Crippen molar-refractivity contribution < 1.29 is 50.5 Å². The molecule has 3 rings (SSSR count). The summed E-state index contributed by atoms with van der Waals surface area (Å²) < 4.78 is 89.0. The molecule has 0 aliphatic carbocycles. The largest absolute Gasteiger partial charge is 0.573 e. The van der Waals surface area contributed by atoms with Gasteiger partial charge in [-0.05, 0) is 51.3 Å². The van der Waals surface area contributed by atoms with Crippen LogP contribution >= 0.6 is 0 Å². The second kappa shape index (κ2) is 12.3. The second-order valence-corrected chi connectivity index (χ2v) is 11.2. The average Bonchev–Trinajstić information content (AvgIpc) is 3.23. The van der Waals surface area contributed by atoms with Gasteiger partial charge >= 0.3 is 24.3 Å². The van der Waals surface area contributed by atoms with E-state index < -0.39 is 65.3 Å². The summed E-state index contributed by atoms with van der Waals surface area (Å²) in [4.78, 5) is 35.4. The first-order chi connectivity index (χ1) is 19.3. The first kappa shape index (κ1) is 32.8. The molecular weight excluding hydrogens is 569 g/mol. The second-order valence-electron chi connectivity index (χ2n) is 11.2. The third kappa shape index (κ3) is 7.97. The zero-order chi connectivity index (χ0) is 31.6. The van der Waals surface area contributed by atoms with Gasteiger partial charge in [0.1, 0.15) is 23.5 Å². The van der Waals surface area contributed by atoms with Gasteiger partial charge in [-0.25, -0.2) is 19.6 Å². The monoisotopic (exact) mass is 603 g/mol. The number of halogens is 5. The lowest BCUT2D eigenvalue weighted by molar-refractivity contribution is -0.274. The smallest absolute Gasteiger partial charge is 0.471 e. The fourth-order valence-electron chi connectivity index (χ4n) is 4.39. The summed E-state index contributed by atoms with van der Waals surface area (Å²) in [6.07, 6.45) is -6.34. The first-order valence-corrected chi connectivity index (χ1v) is 13.3. The lowest BCUT2D eigenvalue weighted by atomic mass is 9.95. The molecule has 1 aliphatic heterocycles. The van der Waals surface area contributed by atoms with Crippen molar-refractivity contribution in [1.29, 1.82) is 0 Å². The Kier molecular flexibility index (Phi) is 9.57. The third-order valence-corrected chi connectivity index (χ3v) is 6.17. The number of nitrogens with zero attached hydrogens (tertiary/aromatic N) is 3. The Hall–Kier alpha value is -3.71. The Morgan fingerprint density at radius 3 is 2.33 bits per heavy atom. The van der Waals surface area contributed by atoms with Crippen molar-refractivity contribution in [3.63, 3.8) is 0 Å². The van der Waals surface area contributed by atoms with Crippen LogP contribution < -0.4 is 9.47 Å². The van der Waals surface area contributed by atoms with Gasteiger partial charge in [0, 0.05) is 12.0 Å². The lowest BCUT2D eigenvalue weighted by Gasteiger charge is -2.29. The summed E-state index contributed by atoms with van der Waals surface area (Å²) in [7, 11) is 0. The lowest BCUT2D eigenvalue weighted by Crippen LogP contribution is -2.46. The molecule has 0 N–H and O–H groups in total. The fourth-order valence-corrected chi connectivity index (χ4v) is 4.39. The van der Waals surface area contributed by atoms with Crippen molar-refractivity contribution in [3.8, 4) is 11.6 Å². The topological polar surface area (TPSA) is 100 Å². The number of allylic oxidation sites excluding steroid dienone is 1. The molecule has 9 nitrogen and oxygen atoms in total. The van der Waals surface area contributed by atoms with E-state index in [2.05, 4.69) is 21.3 Å². The van der Waals surface area contributed by atoms with E-state index in [1.165, 1.54) is 0 Å². The number of hydrogen-bond donors (Lipinski definition) is 0. The number of amides is 1. The van der Waals surface area contributed by atoms with E-state index in [0.29, 0.717) is 6.08 Å². The molecule has 0 bridgehead atoms. The minimum absolute atomic E-state index is 0.000219. The Morgan fingerprint density at radius 2 is 1.79 bits per heavy atom. The zero-order valence-corrected chi connectivity index (χ0v) is 24.1. The third-order valence-electron chi connectivity index (χ3n) is 6.17. The van der Waals surface area contributed by atoms with Gasteiger partial charge in [-0.15, -0.1) is 13.2 Å². The van der Waals surface area contributed by atoms with Crippen LogP contribution in [-0.4, -0.2) is 64.2 Å². The maximum atomic E-state index is 15.0. The molecule has 1 aromatic carbocycles. The Balaban J connectivity index is 2.08. The van der Waals surface area contributed by atoms with E-state index in [0.717, 1.165) is 23.1 Å². The van der Waals surface area contributed by atoms with Gasteiger partial charge in [0.2, 0.25) is 5.88 Å². The molecule has 1 saturated heterocycles. The van der Waals surface area contributed by atoms with Crippen LogP contribution in [0.1, 0.15) is 53.7 Å². The number of aromatic nitrogens is 2. The quantitative estimate of drug-likeness (QED) is 0.185. The minimum atomic E-state index is -5.00. The van der Waals surface area contributed by atoms with Gasteiger partial charge in [0.15, 0.2) is 5.69 Å². The van der Waals surface area contributed by atoms with Gasteiger partial charge in [0.05, 0.1) is 24.2 Å². The summed E-state index contributed by atoms with van der Waals surface area (Å²) in [5.74, 6) is -6.57. The number of carbonyl (C=O) groups excluding carboxylic acids is 2. The summed E-state index contributed by atoms with van der Waals surface area (Å²) in [6.45, 7) is 13.3. The predicted molar refractivity (Wildman–Crippen MR) is 141 cm³/mol. The standard InChI is InChI=1S/C28H34F5N3O6/c1-8-17-20(13-36(25(38)42-26(5,6)7)21(17)24(37)39-14-15(3)4)40-23-22(27(29,30)9-2)34-18-11-10-16(12-19(18)35-23)41-28(31,32)33/h9-12,15,17,20-21H,2,8,13-14H2,1,3-7H3/t17-,20+,21+/m1/s1. The highest BCUT2D eigenvalue weighted by Crippen LogP contribution is 2.39. The average molecular weight is 604 g/mol. The van der Waals surface area contributed by atoms with Crippen LogP contribution in [0, 0.1) is 11.8 Å². The van der Waals surface area contributed by atoms with Crippen LogP contribution in [0.15, 0.2) is 30.9 Å². The van der Waals surface area contributed by atoms with Gasteiger partial charge < -0.3 is 18.9 Å². The SMILES string of the molecule is C=CC(F)(F)c1nc2ccc(OC(F)(F)F)cc2nc1O[C@H]1CN(C(=O)OC(C)(C)C)[C@H](C(=O)OCC(C)C)[C@@H]1CC. The van der Waals surface area contributed by atoms with Crippen molar-refractivity contribution in [1.82, 2.24) is 14.9 Å². The van der Waals surface area contributed by atoms with E-state index in [9.17, 15) is 31.5 Å². The first-order valence-electron chi connectivity index (χ1n) is 13.3. The summed E-state index contributed by atoms with van der Waals surface area (Å²) in [5, 5.41) is 0. The molecule has 1 fully saturated rings. The van der Waals surface area contributed by atoms with Crippen molar-refractivity contribution in [2.24, 2.45) is 11.8 Å². The Labute approximate surface area is 240 Å². The van der Waals surface area contributed by atoms with Crippen LogP contribution in [0.25, 0.3) is 11.0 Å². The maximum Gasteiger partial charge on any atom is 0.573 e. The molecule has 0 spiro atoms.